The summed E-state index contributed by atoms with van der Waals surface area (Å²) in [5.41, 5.74) is 5.57. The summed E-state index contributed by atoms with van der Waals surface area (Å²) in [5.74, 6) is 0.741. The third-order valence-electron chi connectivity index (χ3n) is 2.95. The second-order valence-electron chi connectivity index (χ2n) is 4.58. The van der Waals surface area contributed by atoms with Crippen LogP contribution in [0.1, 0.15) is 20.3 Å². The molecule has 1 aliphatic heterocycles. The molecule has 13 heavy (non-hydrogen) atoms. The van der Waals surface area contributed by atoms with Gasteiger partial charge in [-0.1, -0.05) is 0 Å². The van der Waals surface area contributed by atoms with Gasteiger partial charge in [0.2, 0.25) is 0 Å². The number of ether oxygens (including phenoxy) is 1. The van der Waals surface area contributed by atoms with Crippen LogP contribution in [0.4, 0.5) is 0 Å². The topological polar surface area (TPSA) is 38.5 Å². The van der Waals surface area contributed by atoms with Crippen molar-refractivity contribution in [2.45, 2.75) is 25.9 Å². The van der Waals surface area contributed by atoms with Crippen LogP contribution in [0, 0.1) is 5.92 Å². The summed E-state index contributed by atoms with van der Waals surface area (Å²) in [6.07, 6.45) is 1.10. The van der Waals surface area contributed by atoms with Gasteiger partial charge in [0.1, 0.15) is 0 Å². The molecule has 1 rings (SSSR count). The lowest BCUT2D eigenvalue weighted by Crippen LogP contribution is -2.51. The molecule has 1 aliphatic rings. The summed E-state index contributed by atoms with van der Waals surface area (Å²) in [7, 11) is 1.78. The zero-order chi connectivity index (χ0) is 9.90. The van der Waals surface area contributed by atoms with Crippen molar-refractivity contribution in [1.29, 1.82) is 0 Å². The Bertz CT molecular complexity index is 153. The molecule has 3 nitrogen and oxygen atoms in total. The predicted molar refractivity (Wildman–Crippen MR) is 54.7 cm³/mol. The van der Waals surface area contributed by atoms with Gasteiger partial charge >= 0.3 is 0 Å². The molecule has 0 bridgehead atoms. The van der Waals surface area contributed by atoms with Gasteiger partial charge in [-0.05, 0) is 32.7 Å². The van der Waals surface area contributed by atoms with Gasteiger partial charge in [-0.3, -0.25) is 0 Å². The Morgan fingerprint density at radius 1 is 1.46 bits per heavy atom. The quantitative estimate of drug-likeness (QED) is 0.686. The minimum absolute atomic E-state index is 0.0216. The Balaban J connectivity index is 2.08. The highest BCUT2D eigenvalue weighted by atomic mass is 16.5. The standard InChI is InChI=1S/C10H22N2O/c1-10(2,13-3)4-5-12-7-9(6-11)8-12/h9H,4-8,11H2,1-3H3. The molecule has 2 N–H and O–H groups in total. The number of nitrogens with two attached hydrogens (primary N) is 1. The van der Waals surface area contributed by atoms with Crippen molar-refractivity contribution in [3.05, 3.63) is 0 Å². The molecule has 0 spiro atoms. The van der Waals surface area contributed by atoms with E-state index in [1.807, 2.05) is 0 Å². The third kappa shape index (κ3) is 3.25. The van der Waals surface area contributed by atoms with Gasteiger partial charge in [-0.25, -0.2) is 0 Å². The summed E-state index contributed by atoms with van der Waals surface area (Å²) < 4.78 is 5.36. The second-order valence-corrected chi connectivity index (χ2v) is 4.58. The van der Waals surface area contributed by atoms with E-state index in [9.17, 15) is 0 Å². The van der Waals surface area contributed by atoms with E-state index < -0.39 is 0 Å². The summed E-state index contributed by atoms with van der Waals surface area (Å²) in [6.45, 7) is 8.59. The molecule has 0 unspecified atom stereocenters. The second kappa shape index (κ2) is 4.40. The van der Waals surface area contributed by atoms with Crippen LogP contribution in [0.3, 0.4) is 0 Å². The van der Waals surface area contributed by atoms with Crippen LogP contribution in [-0.2, 0) is 4.74 Å². The molecule has 1 saturated heterocycles. The van der Waals surface area contributed by atoms with Crippen LogP contribution in [0.25, 0.3) is 0 Å². The fraction of sp³-hybridized carbons (Fsp3) is 1.00. The molecular formula is C10H22N2O. The lowest BCUT2D eigenvalue weighted by Gasteiger charge is -2.40. The Labute approximate surface area is 81.2 Å². The van der Waals surface area contributed by atoms with Crippen molar-refractivity contribution >= 4 is 0 Å². The minimum Gasteiger partial charge on any atom is -0.379 e. The zero-order valence-corrected chi connectivity index (χ0v) is 9.05. The normalized spacial score (nSPS) is 20.3. The van der Waals surface area contributed by atoms with E-state index in [1.165, 1.54) is 13.1 Å². The first kappa shape index (κ1) is 11.0. The van der Waals surface area contributed by atoms with Crippen molar-refractivity contribution in [3.63, 3.8) is 0 Å². The van der Waals surface area contributed by atoms with Crippen molar-refractivity contribution in [2.24, 2.45) is 11.7 Å². The van der Waals surface area contributed by atoms with Gasteiger partial charge in [0, 0.05) is 26.7 Å². The molecule has 0 saturated carbocycles. The molecule has 1 fully saturated rings. The lowest BCUT2D eigenvalue weighted by molar-refractivity contribution is -0.00439. The van der Waals surface area contributed by atoms with Gasteiger partial charge in [-0.2, -0.15) is 0 Å². The minimum atomic E-state index is 0.0216. The Morgan fingerprint density at radius 3 is 2.54 bits per heavy atom. The first-order valence-electron chi connectivity index (χ1n) is 5.05. The van der Waals surface area contributed by atoms with Crippen LogP contribution >= 0.6 is 0 Å². The highest BCUT2D eigenvalue weighted by molar-refractivity contribution is 4.82. The molecule has 0 aromatic heterocycles. The third-order valence-corrected chi connectivity index (χ3v) is 2.95. The zero-order valence-electron chi connectivity index (χ0n) is 9.05. The highest BCUT2D eigenvalue weighted by Crippen LogP contribution is 2.18. The molecule has 78 valence electrons. The fourth-order valence-electron chi connectivity index (χ4n) is 1.54. The first-order chi connectivity index (χ1) is 6.07. The number of likely N-dealkylation sites (tertiary alicyclic amines) is 1. The first-order valence-corrected chi connectivity index (χ1v) is 5.05. The molecule has 0 radical (unpaired) electrons. The van der Waals surface area contributed by atoms with Crippen LogP contribution in [0.15, 0.2) is 0 Å². The monoisotopic (exact) mass is 186 g/mol. The average Bonchev–Trinajstić information content (AvgIpc) is 2.02. The number of methoxy groups -OCH3 is 1. The van der Waals surface area contributed by atoms with Gasteiger partial charge in [0.15, 0.2) is 0 Å². The predicted octanol–water partition coefficient (Wildman–Crippen LogP) is 0.692. The molecule has 0 atom stereocenters. The van der Waals surface area contributed by atoms with Crippen molar-refractivity contribution in [1.82, 2.24) is 4.90 Å². The highest BCUT2D eigenvalue weighted by Gasteiger charge is 2.26. The average molecular weight is 186 g/mol. The van der Waals surface area contributed by atoms with Crippen LogP contribution < -0.4 is 5.73 Å². The number of rotatable bonds is 5. The van der Waals surface area contributed by atoms with Crippen molar-refractivity contribution in [3.8, 4) is 0 Å². The number of nitrogens with zero attached hydrogens (tertiary/aromatic N) is 1. The van der Waals surface area contributed by atoms with Gasteiger partial charge < -0.3 is 15.4 Å². The molecule has 1 heterocycles. The largest absolute Gasteiger partial charge is 0.379 e. The van der Waals surface area contributed by atoms with Crippen molar-refractivity contribution in [2.75, 3.05) is 33.3 Å². The molecule has 0 aromatic carbocycles. The summed E-state index contributed by atoms with van der Waals surface area (Å²) in [4.78, 5) is 2.44. The maximum Gasteiger partial charge on any atom is 0.0634 e. The molecular weight excluding hydrogens is 164 g/mol. The van der Waals surface area contributed by atoms with E-state index >= 15 is 0 Å². The Kier molecular flexibility index (Phi) is 3.71. The van der Waals surface area contributed by atoms with E-state index in [1.54, 1.807) is 7.11 Å². The van der Waals surface area contributed by atoms with Crippen LogP contribution in [0.5, 0.6) is 0 Å². The number of hydrogen-bond donors (Lipinski definition) is 1. The van der Waals surface area contributed by atoms with E-state index in [4.69, 9.17) is 10.5 Å². The molecule has 0 aliphatic carbocycles. The van der Waals surface area contributed by atoms with Crippen LogP contribution in [0.2, 0.25) is 0 Å². The summed E-state index contributed by atoms with van der Waals surface area (Å²) in [6, 6.07) is 0. The van der Waals surface area contributed by atoms with E-state index in [2.05, 4.69) is 18.7 Å². The Hall–Kier alpha value is -0.120. The van der Waals surface area contributed by atoms with E-state index in [0.29, 0.717) is 0 Å². The van der Waals surface area contributed by atoms with Crippen LogP contribution in [-0.4, -0.2) is 43.8 Å². The molecule has 0 amide bonds. The summed E-state index contributed by atoms with van der Waals surface area (Å²) >= 11 is 0. The van der Waals surface area contributed by atoms with Gasteiger partial charge in [0.05, 0.1) is 5.60 Å². The summed E-state index contributed by atoms with van der Waals surface area (Å²) in [5, 5.41) is 0. The van der Waals surface area contributed by atoms with Gasteiger partial charge in [0.25, 0.3) is 0 Å². The van der Waals surface area contributed by atoms with Crippen molar-refractivity contribution < 1.29 is 4.74 Å². The lowest BCUT2D eigenvalue weighted by atomic mass is 9.98. The number of hydrogen-bond acceptors (Lipinski definition) is 3. The Morgan fingerprint density at radius 2 is 2.08 bits per heavy atom. The molecule has 0 aromatic rings. The smallest absolute Gasteiger partial charge is 0.0634 e. The van der Waals surface area contributed by atoms with E-state index in [-0.39, 0.29) is 5.60 Å². The fourth-order valence-corrected chi connectivity index (χ4v) is 1.54. The SMILES string of the molecule is COC(C)(C)CCN1CC(CN)C1. The maximum absolute atomic E-state index is 5.55. The van der Waals surface area contributed by atoms with E-state index in [0.717, 1.165) is 25.4 Å². The maximum atomic E-state index is 5.55. The molecule has 3 heteroatoms. The van der Waals surface area contributed by atoms with Gasteiger partial charge in [-0.15, -0.1) is 0 Å².